The first-order chi connectivity index (χ1) is 18.0. The highest BCUT2D eigenvalue weighted by molar-refractivity contribution is 7.92. The van der Waals surface area contributed by atoms with E-state index in [0.717, 1.165) is 22.0 Å². The maximum absolute atomic E-state index is 13.9. The summed E-state index contributed by atoms with van der Waals surface area (Å²) in [5.74, 6) is -1.66. The number of amides is 2. The van der Waals surface area contributed by atoms with Crippen molar-refractivity contribution >= 4 is 50.7 Å². The number of halogens is 3. The molecule has 3 aromatic carbocycles. The largest absolute Gasteiger partial charge is 0.357 e. The molecule has 1 N–H and O–H groups in total. The predicted molar refractivity (Wildman–Crippen MR) is 147 cm³/mol. The van der Waals surface area contributed by atoms with Gasteiger partial charge in [-0.1, -0.05) is 53.9 Å². The van der Waals surface area contributed by atoms with Gasteiger partial charge in [0.2, 0.25) is 11.8 Å². The summed E-state index contributed by atoms with van der Waals surface area (Å²) in [6.07, 6.45) is 0.245. The second-order valence-corrected chi connectivity index (χ2v) is 11.2. The van der Waals surface area contributed by atoms with Gasteiger partial charge in [0.15, 0.2) is 0 Å². The van der Waals surface area contributed by atoms with Crippen LogP contribution in [0.4, 0.5) is 10.1 Å². The number of nitrogens with zero attached hydrogens (tertiary/aromatic N) is 2. The van der Waals surface area contributed by atoms with E-state index in [0.29, 0.717) is 15.6 Å². The van der Waals surface area contributed by atoms with Crippen molar-refractivity contribution in [1.29, 1.82) is 0 Å². The van der Waals surface area contributed by atoms with Gasteiger partial charge in [-0.15, -0.1) is 0 Å². The Morgan fingerprint density at radius 1 is 0.974 bits per heavy atom. The highest BCUT2D eigenvalue weighted by atomic mass is 35.5. The van der Waals surface area contributed by atoms with Crippen LogP contribution in [0, 0.1) is 12.7 Å². The number of anilines is 1. The Morgan fingerprint density at radius 2 is 1.55 bits per heavy atom. The molecule has 0 bridgehead atoms. The summed E-state index contributed by atoms with van der Waals surface area (Å²) in [6, 6.07) is 14.9. The third kappa shape index (κ3) is 6.64. The molecule has 0 aliphatic rings. The van der Waals surface area contributed by atoms with Crippen LogP contribution in [0.5, 0.6) is 0 Å². The summed E-state index contributed by atoms with van der Waals surface area (Å²) in [5, 5.41) is 3.14. The molecule has 0 radical (unpaired) electrons. The molecule has 11 heteroatoms. The van der Waals surface area contributed by atoms with E-state index < -0.39 is 40.2 Å². The fourth-order valence-electron chi connectivity index (χ4n) is 3.91. The Labute approximate surface area is 232 Å². The van der Waals surface area contributed by atoms with Gasteiger partial charge in [0.1, 0.15) is 18.4 Å². The van der Waals surface area contributed by atoms with Crippen molar-refractivity contribution in [3.05, 3.63) is 93.7 Å². The van der Waals surface area contributed by atoms with Crippen molar-refractivity contribution in [2.75, 3.05) is 17.9 Å². The lowest BCUT2D eigenvalue weighted by Gasteiger charge is -2.33. The van der Waals surface area contributed by atoms with Gasteiger partial charge < -0.3 is 10.2 Å². The first-order valence-corrected chi connectivity index (χ1v) is 14.0. The molecule has 0 aromatic heterocycles. The molecule has 1 atom stereocenters. The molecule has 202 valence electrons. The predicted octanol–water partition coefficient (Wildman–Crippen LogP) is 5.19. The van der Waals surface area contributed by atoms with Gasteiger partial charge in [-0.2, -0.15) is 0 Å². The van der Waals surface area contributed by atoms with E-state index in [9.17, 15) is 22.4 Å². The molecule has 3 aromatic rings. The lowest BCUT2D eigenvalue weighted by atomic mass is 10.1. The van der Waals surface area contributed by atoms with Crippen molar-refractivity contribution in [3.8, 4) is 0 Å². The lowest BCUT2D eigenvalue weighted by Crippen LogP contribution is -2.51. The minimum absolute atomic E-state index is 0.0423. The van der Waals surface area contributed by atoms with Gasteiger partial charge >= 0.3 is 0 Å². The quantitative estimate of drug-likeness (QED) is 0.358. The van der Waals surface area contributed by atoms with Gasteiger partial charge in [0.25, 0.3) is 10.0 Å². The summed E-state index contributed by atoms with van der Waals surface area (Å²) < 4.78 is 42.0. The number of rotatable bonds is 10. The summed E-state index contributed by atoms with van der Waals surface area (Å²) in [4.78, 5) is 27.8. The highest BCUT2D eigenvalue weighted by Crippen LogP contribution is 2.29. The zero-order valence-corrected chi connectivity index (χ0v) is 23.4. The van der Waals surface area contributed by atoms with Crippen molar-refractivity contribution < 1.29 is 22.4 Å². The average Bonchev–Trinajstić information content (AvgIpc) is 2.89. The number of nitrogens with one attached hydrogen (secondary N) is 1. The van der Waals surface area contributed by atoms with Crippen LogP contribution in [-0.2, 0) is 26.2 Å². The minimum Gasteiger partial charge on any atom is -0.357 e. The molecular weight excluding hydrogens is 552 g/mol. The van der Waals surface area contributed by atoms with Crippen LogP contribution in [0.2, 0.25) is 10.0 Å². The van der Waals surface area contributed by atoms with Crippen LogP contribution < -0.4 is 9.62 Å². The molecule has 0 heterocycles. The standard InChI is InChI=1S/C27H28Cl2FN3O4S/c1-4-25(27(35)31-3)32(16-22-23(28)6-5-7-24(22)29)26(34)17-33(20-12-10-19(30)11-13-20)38(36,37)21-14-8-18(2)9-15-21/h5-15,25H,4,16-17H2,1-3H3,(H,31,35). The van der Waals surface area contributed by atoms with Crippen molar-refractivity contribution in [3.63, 3.8) is 0 Å². The Kier molecular flexibility index (Phi) is 9.76. The molecule has 38 heavy (non-hydrogen) atoms. The van der Waals surface area contributed by atoms with E-state index in [1.54, 1.807) is 37.3 Å². The molecule has 0 aliphatic heterocycles. The maximum Gasteiger partial charge on any atom is 0.264 e. The lowest BCUT2D eigenvalue weighted by molar-refractivity contribution is -0.140. The smallest absolute Gasteiger partial charge is 0.264 e. The molecule has 0 saturated heterocycles. The first kappa shape index (κ1) is 29.4. The average molecular weight is 581 g/mol. The number of hydrogen-bond donors (Lipinski definition) is 1. The molecule has 0 aliphatic carbocycles. The first-order valence-electron chi connectivity index (χ1n) is 11.8. The number of benzene rings is 3. The number of carbonyl (C=O) groups is 2. The summed E-state index contributed by atoms with van der Waals surface area (Å²) in [6.45, 7) is 2.76. The van der Waals surface area contributed by atoms with Crippen molar-refractivity contribution in [1.82, 2.24) is 10.2 Å². The van der Waals surface area contributed by atoms with Crippen molar-refractivity contribution in [2.24, 2.45) is 0 Å². The third-order valence-electron chi connectivity index (χ3n) is 6.02. The molecule has 2 amide bonds. The van der Waals surface area contributed by atoms with Crippen LogP contribution >= 0.6 is 23.2 Å². The molecule has 3 rings (SSSR count). The van der Waals surface area contributed by atoms with Crippen LogP contribution in [0.15, 0.2) is 71.6 Å². The molecule has 0 saturated carbocycles. The molecule has 0 spiro atoms. The topological polar surface area (TPSA) is 86.8 Å². The van der Waals surface area contributed by atoms with Gasteiger partial charge in [0, 0.05) is 29.2 Å². The van der Waals surface area contributed by atoms with E-state index in [4.69, 9.17) is 23.2 Å². The normalized spacial score (nSPS) is 12.1. The van der Waals surface area contributed by atoms with Crippen LogP contribution in [0.3, 0.4) is 0 Å². The fourth-order valence-corrected chi connectivity index (χ4v) is 5.84. The number of carbonyl (C=O) groups excluding carboxylic acids is 2. The van der Waals surface area contributed by atoms with E-state index in [-0.39, 0.29) is 23.5 Å². The zero-order valence-electron chi connectivity index (χ0n) is 21.1. The number of hydrogen-bond acceptors (Lipinski definition) is 4. The number of sulfonamides is 1. The van der Waals surface area contributed by atoms with E-state index in [1.807, 2.05) is 6.92 Å². The van der Waals surface area contributed by atoms with Crippen molar-refractivity contribution in [2.45, 2.75) is 37.8 Å². The monoisotopic (exact) mass is 579 g/mol. The van der Waals surface area contributed by atoms with Gasteiger partial charge in [0.05, 0.1) is 10.6 Å². The summed E-state index contributed by atoms with van der Waals surface area (Å²) in [7, 11) is -2.80. The third-order valence-corrected chi connectivity index (χ3v) is 8.52. The number of likely N-dealkylation sites (N-methyl/N-ethyl adjacent to an activating group) is 1. The Balaban J connectivity index is 2.09. The van der Waals surface area contributed by atoms with E-state index in [2.05, 4.69) is 5.32 Å². The number of aryl methyl sites for hydroxylation is 1. The van der Waals surface area contributed by atoms with Gasteiger partial charge in [-0.25, -0.2) is 12.8 Å². The van der Waals surface area contributed by atoms with E-state index in [1.165, 1.54) is 36.2 Å². The Morgan fingerprint density at radius 3 is 2.08 bits per heavy atom. The SMILES string of the molecule is CCC(C(=O)NC)N(Cc1c(Cl)cccc1Cl)C(=O)CN(c1ccc(F)cc1)S(=O)(=O)c1ccc(C)cc1. The molecular formula is C27H28Cl2FN3O4S. The zero-order chi connectivity index (χ0) is 28.0. The van der Waals surface area contributed by atoms with Gasteiger partial charge in [-0.3, -0.25) is 13.9 Å². The van der Waals surface area contributed by atoms with Crippen LogP contribution in [0.25, 0.3) is 0 Å². The Bertz CT molecular complexity index is 1380. The molecule has 7 nitrogen and oxygen atoms in total. The summed E-state index contributed by atoms with van der Waals surface area (Å²) >= 11 is 12.7. The molecule has 1 unspecified atom stereocenters. The van der Waals surface area contributed by atoms with Crippen LogP contribution in [0.1, 0.15) is 24.5 Å². The maximum atomic E-state index is 13.9. The Hall–Kier alpha value is -3.14. The van der Waals surface area contributed by atoms with Gasteiger partial charge in [-0.05, 0) is 61.9 Å². The molecule has 0 fully saturated rings. The van der Waals surface area contributed by atoms with E-state index >= 15 is 0 Å². The fraction of sp³-hybridized carbons (Fsp3) is 0.259. The highest BCUT2D eigenvalue weighted by Gasteiger charge is 2.34. The second kappa shape index (κ2) is 12.6. The van der Waals surface area contributed by atoms with Crippen LogP contribution in [-0.4, -0.2) is 44.8 Å². The second-order valence-electron chi connectivity index (χ2n) is 8.56. The summed E-state index contributed by atoms with van der Waals surface area (Å²) in [5.41, 5.74) is 1.36. The minimum atomic E-state index is -4.25.